The lowest BCUT2D eigenvalue weighted by Gasteiger charge is -2.45. The van der Waals surface area contributed by atoms with Gasteiger partial charge in [-0.1, -0.05) is 68.7 Å². The molecular weight excluding hydrogens is 400 g/mol. The fourth-order valence-electron chi connectivity index (χ4n) is 5.63. The molecule has 2 aromatic rings. The Kier molecular flexibility index (Phi) is 4.45. The highest BCUT2D eigenvalue weighted by molar-refractivity contribution is 6.14. The number of benzene rings is 1. The quantitative estimate of drug-likeness (QED) is 0.753. The van der Waals surface area contributed by atoms with Gasteiger partial charge in [-0.15, -0.1) is 10.2 Å². The highest BCUT2D eigenvalue weighted by atomic mass is 16.2. The van der Waals surface area contributed by atoms with E-state index in [2.05, 4.69) is 51.8 Å². The number of H-pyrrole nitrogens is 1. The molecule has 7 heteroatoms. The van der Waals surface area contributed by atoms with Crippen molar-refractivity contribution in [1.29, 1.82) is 0 Å². The second kappa shape index (κ2) is 7.36. The van der Waals surface area contributed by atoms with Crippen molar-refractivity contribution in [2.45, 2.75) is 63.5 Å². The monoisotopic (exact) mass is 426 g/mol. The number of allylic oxidation sites excluding steroid dienone is 2. The van der Waals surface area contributed by atoms with Crippen LogP contribution < -0.4 is 0 Å². The first-order valence-corrected chi connectivity index (χ1v) is 11.6. The summed E-state index contributed by atoms with van der Waals surface area (Å²) in [6.07, 6.45) is 11.1. The molecule has 2 heterocycles. The highest BCUT2D eigenvalue weighted by Crippen LogP contribution is 2.54. The van der Waals surface area contributed by atoms with Gasteiger partial charge in [-0.3, -0.25) is 14.7 Å². The predicted octanol–water partition coefficient (Wildman–Crippen LogP) is 4.10. The van der Waals surface area contributed by atoms with E-state index in [9.17, 15) is 4.79 Å². The SMILES string of the molecule is CCCCC1=NC2(CCCC2)C(=O)N1C1c2ccc(-c3ccccc3)c1c2-c1nn[nH]n1. The number of aliphatic imine (C=N–C) groups is 1. The van der Waals surface area contributed by atoms with Gasteiger partial charge in [-0.2, -0.15) is 5.21 Å². The molecule has 6 rings (SSSR count). The first kappa shape index (κ1) is 19.3. The number of rotatable bonds is 6. The molecule has 162 valence electrons. The van der Waals surface area contributed by atoms with E-state index in [0.717, 1.165) is 78.6 Å². The molecule has 7 nitrogen and oxygen atoms in total. The number of fused-ring (bicyclic) bond motifs is 2. The van der Waals surface area contributed by atoms with Gasteiger partial charge in [0.1, 0.15) is 11.4 Å². The third-order valence-corrected chi connectivity index (χ3v) is 7.18. The Labute approximate surface area is 187 Å². The Hall–Kier alpha value is -3.35. The van der Waals surface area contributed by atoms with Crippen molar-refractivity contribution in [3.8, 4) is 0 Å². The molecule has 0 saturated heterocycles. The number of aromatic nitrogens is 4. The Morgan fingerprint density at radius 3 is 2.69 bits per heavy atom. The van der Waals surface area contributed by atoms with Gasteiger partial charge in [-0.25, -0.2) is 0 Å². The van der Waals surface area contributed by atoms with Crippen LogP contribution >= 0.6 is 0 Å². The summed E-state index contributed by atoms with van der Waals surface area (Å²) in [6, 6.07) is 10.2. The molecule has 1 spiro atoms. The molecule has 32 heavy (non-hydrogen) atoms. The first-order chi connectivity index (χ1) is 15.7. The number of nitrogens with one attached hydrogen (secondary N) is 1. The van der Waals surface area contributed by atoms with Gasteiger partial charge in [0.2, 0.25) is 5.82 Å². The van der Waals surface area contributed by atoms with Gasteiger partial charge < -0.3 is 0 Å². The Balaban J connectivity index is 1.46. The minimum atomic E-state index is -0.545. The van der Waals surface area contributed by atoms with Crippen molar-refractivity contribution in [1.82, 2.24) is 25.5 Å². The van der Waals surface area contributed by atoms with Crippen molar-refractivity contribution >= 4 is 22.9 Å². The summed E-state index contributed by atoms with van der Waals surface area (Å²) in [5.74, 6) is 1.71. The van der Waals surface area contributed by atoms with E-state index < -0.39 is 5.54 Å². The summed E-state index contributed by atoms with van der Waals surface area (Å²) in [5.41, 5.74) is 4.85. The van der Waals surface area contributed by atoms with Crippen molar-refractivity contribution in [3.05, 3.63) is 65.0 Å². The smallest absolute Gasteiger partial charge is 0.256 e. The third-order valence-electron chi connectivity index (χ3n) is 7.18. The number of nitrogens with zero attached hydrogens (tertiary/aromatic N) is 5. The number of aromatic amines is 1. The summed E-state index contributed by atoms with van der Waals surface area (Å²) in [5, 5.41) is 14.9. The standard InChI is InChI=1S/C25H26N6O/c1-2-3-11-19-26-25(14-7-8-15-25)24(32)31(19)22-18-13-12-17(16-9-5-4-6-10-16)20(22)21(18)23-27-29-30-28-23/h4-6,9-10,12-13,22H,2-3,7-8,11,14-15H2,1H3,(H,27,28,29,30). The zero-order chi connectivity index (χ0) is 21.7. The maximum atomic E-state index is 13.9. The van der Waals surface area contributed by atoms with Crippen molar-refractivity contribution in [2.24, 2.45) is 4.99 Å². The van der Waals surface area contributed by atoms with Gasteiger partial charge in [0.15, 0.2) is 0 Å². The van der Waals surface area contributed by atoms with Crippen LogP contribution in [0.3, 0.4) is 0 Å². The largest absolute Gasteiger partial charge is 0.287 e. The summed E-state index contributed by atoms with van der Waals surface area (Å²) in [4.78, 5) is 21.0. The summed E-state index contributed by atoms with van der Waals surface area (Å²) >= 11 is 0. The second-order valence-electron chi connectivity index (χ2n) is 9.04. The minimum absolute atomic E-state index is 0.133. The van der Waals surface area contributed by atoms with Crippen LogP contribution in [0.5, 0.6) is 0 Å². The predicted molar refractivity (Wildman–Crippen MR) is 122 cm³/mol. The molecule has 1 aliphatic heterocycles. The number of amidine groups is 1. The maximum absolute atomic E-state index is 13.9. The molecule has 2 bridgehead atoms. The number of carbonyl (C=O) groups excluding carboxylic acids is 1. The lowest BCUT2D eigenvalue weighted by molar-refractivity contribution is -0.131. The topological polar surface area (TPSA) is 87.1 Å². The van der Waals surface area contributed by atoms with E-state index in [1.54, 1.807) is 0 Å². The van der Waals surface area contributed by atoms with Gasteiger partial charge >= 0.3 is 0 Å². The van der Waals surface area contributed by atoms with E-state index in [1.165, 1.54) is 0 Å². The number of unbranched alkanes of at least 4 members (excludes halogenated alkanes) is 1. The van der Waals surface area contributed by atoms with E-state index in [0.29, 0.717) is 5.82 Å². The third kappa shape index (κ3) is 2.70. The zero-order valence-electron chi connectivity index (χ0n) is 18.2. The number of carbonyl (C=O) groups is 1. The summed E-state index contributed by atoms with van der Waals surface area (Å²) in [7, 11) is 0. The Morgan fingerprint density at radius 2 is 1.97 bits per heavy atom. The van der Waals surface area contributed by atoms with Crippen LogP contribution in [0, 0.1) is 0 Å². The average molecular weight is 427 g/mol. The molecule has 4 aliphatic rings. The Bertz CT molecular complexity index is 1180. The van der Waals surface area contributed by atoms with Crippen LogP contribution in [0.1, 0.15) is 63.3 Å². The Morgan fingerprint density at radius 1 is 1.16 bits per heavy atom. The van der Waals surface area contributed by atoms with Gasteiger partial charge in [0.05, 0.1) is 6.04 Å². The fraction of sp³-hybridized carbons (Fsp3) is 0.400. The highest BCUT2D eigenvalue weighted by Gasteiger charge is 2.56. The van der Waals surface area contributed by atoms with E-state index in [1.807, 2.05) is 23.1 Å². The number of amides is 1. The van der Waals surface area contributed by atoms with Crippen LogP contribution in [0.4, 0.5) is 0 Å². The average Bonchev–Trinajstić information content (AvgIpc) is 3.57. The normalized spacial score (nSPS) is 23.4. The van der Waals surface area contributed by atoms with Gasteiger partial charge in [0, 0.05) is 12.0 Å². The van der Waals surface area contributed by atoms with Crippen molar-refractivity contribution < 1.29 is 4.79 Å². The van der Waals surface area contributed by atoms with E-state index >= 15 is 0 Å². The molecule has 1 amide bonds. The molecule has 1 atom stereocenters. The first-order valence-electron chi connectivity index (χ1n) is 11.6. The molecule has 1 aromatic carbocycles. The molecule has 1 unspecified atom stereocenters. The van der Waals surface area contributed by atoms with Crippen LogP contribution in [-0.4, -0.2) is 48.8 Å². The summed E-state index contributed by atoms with van der Waals surface area (Å²) < 4.78 is 0. The van der Waals surface area contributed by atoms with Crippen LogP contribution in [0.25, 0.3) is 11.1 Å². The number of hydrogen-bond donors (Lipinski definition) is 1. The molecule has 3 aliphatic carbocycles. The molecule has 1 fully saturated rings. The lowest BCUT2D eigenvalue weighted by atomic mass is 9.68. The van der Waals surface area contributed by atoms with Crippen LogP contribution in [0.15, 0.2) is 58.6 Å². The lowest BCUT2D eigenvalue weighted by Crippen LogP contribution is -2.52. The second-order valence-corrected chi connectivity index (χ2v) is 9.04. The number of hydrogen-bond acceptors (Lipinski definition) is 5. The zero-order valence-corrected chi connectivity index (χ0v) is 18.2. The summed E-state index contributed by atoms with van der Waals surface area (Å²) in [6.45, 7) is 2.18. The van der Waals surface area contributed by atoms with Crippen LogP contribution in [0.2, 0.25) is 0 Å². The minimum Gasteiger partial charge on any atom is -0.287 e. The molecule has 0 radical (unpaired) electrons. The van der Waals surface area contributed by atoms with E-state index in [4.69, 9.17) is 4.99 Å². The molecule has 1 aromatic heterocycles. The van der Waals surface area contributed by atoms with Crippen LogP contribution in [-0.2, 0) is 4.79 Å². The molecule has 1 N–H and O–H groups in total. The fourth-order valence-corrected chi connectivity index (χ4v) is 5.63. The van der Waals surface area contributed by atoms with Gasteiger partial charge in [0.25, 0.3) is 5.91 Å². The van der Waals surface area contributed by atoms with Crippen molar-refractivity contribution in [3.63, 3.8) is 0 Å². The molecule has 1 saturated carbocycles. The maximum Gasteiger partial charge on any atom is 0.256 e. The van der Waals surface area contributed by atoms with E-state index in [-0.39, 0.29) is 11.9 Å². The van der Waals surface area contributed by atoms with Gasteiger partial charge in [-0.05, 0) is 46.8 Å². The molecular formula is C25H26N6O. The van der Waals surface area contributed by atoms with Crippen molar-refractivity contribution in [2.75, 3.05) is 0 Å². The number of tetrazole rings is 1.